The van der Waals surface area contributed by atoms with Gasteiger partial charge in [0.1, 0.15) is 23.2 Å². The van der Waals surface area contributed by atoms with E-state index in [0.717, 1.165) is 51.3 Å². The molecule has 0 saturated carbocycles. The van der Waals surface area contributed by atoms with E-state index in [9.17, 15) is 19.8 Å². The third-order valence-electron chi connectivity index (χ3n) is 6.40. The number of cyclic esters (lactones) is 1. The lowest BCUT2D eigenvalue weighted by Gasteiger charge is -2.26. The number of nitrogens with zero attached hydrogens (tertiary/aromatic N) is 2. The van der Waals surface area contributed by atoms with Gasteiger partial charge >= 0.3 is 5.97 Å². The number of amides is 1. The van der Waals surface area contributed by atoms with Crippen LogP contribution in [0.4, 0.5) is 0 Å². The highest BCUT2D eigenvalue weighted by Gasteiger charge is 2.23. The van der Waals surface area contributed by atoms with Crippen LogP contribution in [0.2, 0.25) is 0 Å². The second-order valence-corrected chi connectivity index (χ2v) is 9.57. The Morgan fingerprint density at radius 1 is 1.17 bits per heavy atom. The van der Waals surface area contributed by atoms with Gasteiger partial charge in [-0.3, -0.25) is 4.79 Å². The molecular formula is C28H38N2O6. The lowest BCUT2D eigenvalue weighted by Crippen LogP contribution is -2.37. The third-order valence-corrected chi connectivity index (χ3v) is 6.40. The summed E-state index contributed by atoms with van der Waals surface area (Å²) in [5.74, 6) is -1.02. The van der Waals surface area contributed by atoms with E-state index in [1.165, 1.54) is 6.07 Å². The summed E-state index contributed by atoms with van der Waals surface area (Å²) in [6, 6.07) is 2.54. The van der Waals surface area contributed by atoms with Crippen molar-refractivity contribution in [2.24, 2.45) is 11.1 Å². The van der Waals surface area contributed by atoms with E-state index < -0.39 is 5.97 Å². The summed E-state index contributed by atoms with van der Waals surface area (Å²) >= 11 is 0. The molecule has 1 aromatic rings. The number of benzene rings is 1. The third kappa shape index (κ3) is 8.14. The van der Waals surface area contributed by atoms with Crippen LogP contribution in [-0.2, 0) is 20.8 Å². The summed E-state index contributed by atoms with van der Waals surface area (Å²) in [6.45, 7) is 5.42. The van der Waals surface area contributed by atoms with Gasteiger partial charge in [-0.2, -0.15) is 0 Å². The molecular weight excluding hydrogens is 460 g/mol. The fraction of sp³-hybridized carbons (Fsp3) is 0.536. The van der Waals surface area contributed by atoms with E-state index >= 15 is 0 Å². The van der Waals surface area contributed by atoms with Crippen molar-refractivity contribution in [1.82, 2.24) is 4.90 Å². The molecule has 0 bridgehead atoms. The standard InChI is InChI=1S/C28H38N2O6/c1-3-9-24-13-8-11-20(2)10-7-12-22(29-35-19-26(33)30-14-5-4-6-15-30)16-21-17-23(31)18-25(32)27(21)28(34)36-24/h7-8,11-12,17-18,20,24,31-32H,3-6,9-10,13-16,19H2,1-2H3/b11-8+,12-7+,29-22-. The van der Waals surface area contributed by atoms with E-state index in [4.69, 9.17) is 9.57 Å². The first kappa shape index (κ1) is 27.3. The molecule has 2 N–H and O–H groups in total. The highest BCUT2D eigenvalue weighted by molar-refractivity contribution is 6.00. The monoisotopic (exact) mass is 498 g/mol. The maximum Gasteiger partial charge on any atom is 0.342 e. The maximum atomic E-state index is 13.1. The average Bonchev–Trinajstić information content (AvgIpc) is 2.83. The fourth-order valence-electron chi connectivity index (χ4n) is 4.48. The van der Waals surface area contributed by atoms with Gasteiger partial charge < -0.3 is 24.7 Å². The lowest BCUT2D eigenvalue weighted by atomic mass is 9.98. The number of likely N-dealkylation sites (tertiary alicyclic amines) is 1. The number of ether oxygens (including phenoxy) is 1. The molecule has 1 fully saturated rings. The topological polar surface area (TPSA) is 109 Å². The molecule has 2 atom stereocenters. The number of fused-ring (bicyclic) bond motifs is 1. The van der Waals surface area contributed by atoms with Gasteiger partial charge in [-0.05, 0) is 55.7 Å². The second kappa shape index (κ2) is 13.7. The second-order valence-electron chi connectivity index (χ2n) is 9.57. The van der Waals surface area contributed by atoms with Crippen LogP contribution in [0.1, 0.15) is 74.7 Å². The predicted molar refractivity (Wildman–Crippen MR) is 138 cm³/mol. The van der Waals surface area contributed by atoms with Gasteiger partial charge in [0.05, 0.1) is 5.71 Å². The van der Waals surface area contributed by atoms with E-state index in [2.05, 4.69) is 18.2 Å². The minimum absolute atomic E-state index is 0.00574. The number of piperidine rings is 1. The van der Waals surface area contributed by atoms with Crippen molar-refractivity contribution in [3.8, 4) is 11.5 Å². The number of allylic oxidation sites excluding steroid dienone is 3. The van der Waals surface area contributed by atoms with Crippen LogP contribution in [-0.4, -0.2) is 58.5 Å². The molecule has 196 valence electrons. The number of hydrogen-bond donors (Lipinski definition) is 2. The van der Waals surface area contributed by atoms with Gasteiger partial charge in [-0.1, -0.05) is 43.7 Å². The number of oxime groups is 1. The summed E-state index contributed by atoms with van der Waals surface area (Å²) in [5, 5.41) is 24.8. The number of carbonyl (C=O) groups excluding carboxylic acids is 2. The molecule has 2 aliphatic heterocycles. The zero-order chi connectivity index (χ0) is 25.9. The molecule has 1 saturated heterocycles. The summed E-state index contributed by atoms with van der Waals surface area (Å²) < 4.78 is 5.76. The van der Waals surface area contributed by atoms with Crippen LogP contribution in [0.25, 0.3) is 0 Å². The van der Waals surface area contributed by atoms with Crippen molar-refractivity contribution in [3.05, 3.63) is 47.6 Å². The number of phenols is 2. The van der Waals surface area contributed by atoms with Crippen molar-refractivity contribution in [2.45, 2.75) is 71.3 Å². The zero-order valence-electron chi connectivity index (χ0n) is 21.3. The first-order valence-electron chi connectivity index (χ1n) is 12.9. The van der Waals surface area contributed by atoms with Crippen LogP contribution >= 0.6 is 0 Å². The highest BCUT2D eigenvalue weighted by atomic mass is 16.6. The first-order valence-corrected chi connectivity index (χ1v) is 12.9. The van der Waals surface area contributed by atoms with Crippen molar-refractivity contribution in [2.75, 3.05) is 19.7 Å². The Bertz CT molecular complexity index is 994. The molecule has 8 heteroatoms. The largest absolute Gasteiger partial charge is 0.508 e. The molecule has 0 radical (unpaired) electrons. The first-order chi connectivity index (χ1) is 17.4. The Hall–Kier alpha value is -3.29. The summed E-state index contributed by atoms with van der Waals surface area (Å²) in [4.78, 5) is 32.8. The summed E-state index contributed by atoms with van der Waals surface area (Å²) in [6.07, 6.45) is 13.7. The molecule has 2 heterocycles. The molecule has 2 aliphatic rings. The van der Waals surface area contributed by atoms with Crippen LogP contribution < -0.4 is 0 Å². The van der Waals surface area contributed by atoms with Crippen LogP contribution in [0.5, 0.6) is 11.5 Å². The van der Waals surface area contributed by atoms with Gasteiger partial charge in [0.25, 0.3) is 5.91 Å². The Morgan fingerprint density at radius 3 is 2.69 bits per heavy atom. The maximum absolute atomic E-state index is 13.1. The van der Waals surface area contributed by atoms with Crippen molar-refractivity contribution >= 4 is 17.6 Å². The number of rotatable bonds is 5. The Morgan fingerprint density at radius 2 is 1.94 bits per heavy atom. The van der Waals surface area contributed by atoms with Crippen LogP contribution in [0.15, 0.2) is 41.6 Å². The molecule has 0 aromatic heterocycles. The van der Waals surface area contributed by atoms with Gasteiger partial charge in [-0.15, -0.1) is 0 Å². The fourth-order valence-corrected chi connectivity index (χ4v) is 4.48. The van der Waals surface area contributed by atoms with Gasteiger partial charge in [0.15, 0.2) is 6.61 Å². The van der Waals surface area contributed by atoms with Gasteiger partial charge in [-0.25, -0.2) is 4.79 Å². The number of esters is 1. The van der Waals surface area contributed by atoms with E-state index in [-0.39, 0.29) is 48.0 Å². The van der Waals surface area contributed by atoms with E-state index in [0.29, 0.717) is 24.1 Å². The molecule has 1 aromatic carbocycles. The van der Waals surface area contributed by atoms with Crippen molar-refractivity contribution in [1.29, 1.82) is 0 Å². The number of aromatic hydroxyl groups is 2. The minimum atomic E-state index is -0.649. The Labute approximate surface area is 213 Å². The van der Waals surface area contributed by atoms with Crippen LogP contribution in [0.3, 0.4) is 0 Å². The number of carbonyl (C=O) groups is 2. The summed E-state index contributed by atoms with van der Waals surface area (Å²) in [7, 11) is 0. The Balaban J connectivity index is 1.87. The van der Waals surface area contributed by atoms with E-state index in [1.54, 1.807) is 11.0 Å². The number of phenolic OH excluding ortho intramolecular Hbond substituents is 2. The Kier molecular flexibility index (Phi) is 10.4. The molecule has 0 aliphatic carbocycles. The van der Waals surface area contributed by atoms with Gasteiger partial charge in [0, 0.05) is 32.0 Å². The van der Waals surface area contributed by atoms with Crippen LogP contribution in [0, 0.1) is 5.92 Å². The molecule has 0 spiro atoms. The van der Waals surface area contributed by atoms with Gasteiger partial charge in [0.2, 0.25) is 0 Å². The predicted octanol–water partition coefficient (Wildman–Crippen LogP) is 4.89. The van der Waals surface area contributed by atoms with Crippen molar-refractivity contribution in [3.63, 3.8) is 0 Å². The van der Waals surface area contributed by atoms with E-state index in [1.807, 2.05) is 19.1 Å². The SMILES string of the molecule is CCCC1C/C=C/C(C)C/C=C/C(=N/OCC(=O)N2CCCCC2)Cc2cc(O)cc(O)c2C(=O)O1. The minimum Gasteiger partial charge on any atom is -0.508 e. The zero-order valence-corrected chi connectivity index (χ0v) is 21.3. The number of hydrogen-bond acceptors (Lipinski definition) is 7. The average molecular weight is 499 g/mol. The smallest absolute Gasteiger partial charge is 0.342 e. The molecule has 3 rings (SSSR count). The molecule has 36 heavy (non-hydrogen) atoms. The lowest BCUT2D eigenvalue weighted by molar-refractivity contribution is -0.137. The molecule has 8 nitrogen and oxygen atoms in total. The summed E-state index contributed by atoms with van der Waals surface area (Å²) in [5.41, 5.74) is 0.815. The highest BCUT2D eigenvalue weighted by Crippen LogP contribution is 2.30. The van der Waals surface area contributed by atoms with Crippen molar-refractivity contribution < 1.29 is 29.4 Å². The molecule has 1 amide bonds. The quantitative estimate of drug-likeness (QED) is 0.340. The molecule has 2 unspecified atom stereocenters. The normalized spacial score (nSPS) is 24.3.